The van der Waals surface area contributed by atoms with Crippen LogP contribution in [0.4, 0.5) is 5.00 Å². The van der Waals surface area contributed by atoms with Crippen LogP contribution in [-0.4, -0.2) is 23.3 Å². The zero-order valence-corrected chi connectivity index (χ0v) is 13.2. The van der Waals surface area contributed by atoms with Crippen LogP contribution in [0.3, 0.4) is 0 Å². The molecule has 1 heterocycles. The maximum atomic E-state index is 11.9. The molecule has 0 bridgehead atoms. The van der Waals surface area contributed by atoms with Crippen LogP contribution in [0.2, 0.25) is 0 Å². The van der Waals surface area contributed by atoms with Crippen molar-refractivity contribution in [1.29, 1.82) is 5.26 Å². The number of nitrogens with one attached hydrogen (secondary N) is 1. The van der Waals surface area contributed by atoms with E-state index in [1.165, 1.54) is 28.0 Å². The summed E-state index contributed by atoms with van der Waals surface area (Å²) < 4.78 is 0. The highest BCUT2D eigenvalue weighted by Gasteiger charge is 2.24. The van der Waals surface area contributed by atoms with Crippen molar-refractivity contribution in [2.24, 2.45) is 5.73 Å². The van der Waals surface area contributed by atoms with E-state index in [2.05, 4.69) is 5.32 Å². The highest BCUT2D eigenvalue weighted by Crippen LogP contribution is 2.37. The van der Waals surface area contributed by atoms with Crippen LogP contribution < -0.4 is 11.1 Å². The Bertz CT molecular complexity index is 590. The molecule has 0 fully saturated rings. The molecule has 3 N–H and O–H groups in total. The average Bonchev–Trinajstić information content (AvgIpc) is 2.81. The van der Waals surface area contributed by atoms with E-state index in [9.17, 15) is 9.59 Å². The molecule has 0 aliphatic heterocycles. The smallest absolute Gasteiger partial charge is 0.251 e. The normalized spacial score (nSPS) is 13.3. The summed E-state index contributed by atoms with van der Waals surface area (Å²) in [6.45, 7) is 0. The molecule has 0 unspecified atom stereocenters. The fourth-order valence-corrected chi connectivity index (χ4v) is 4.31. The number of hydrogen-bond acceptors (Lipinski definition) is 5. The van der Waals surface area contributed by atoms with Gasteiger partial charge in [0, 0.05) is 17.1 Å². The molecule has 112 valence electrons. The molecule has 0 saturated carbocycles. The maximum absolute atomic E-state index is 11.9. The summed E-state index contributed by atoms with van der Waals surface area (Å²) in [5.74, 6) is 0.288. The van der Waals surface area contributed by atoms with Gasteiger partial charge in [0.25, 0.3) is 5.91 Å². The predicted molar refractivity (Wildman–Crippen MR) is 85.7 cm³/mol. The molecule has 1 aliphatic rings. The van der Waals surface area contributed by atoms with Crippen LogP contribution in [0.5, 0.6) is 0 Å². The Kier molecular flexibility index (Phi) is 5.65. The van der Waals surface area contributed by atoms with Gasteiger partial charge in [0.1, 0.15) is 5.00 Å². The largest absolute Gasteiger partial charge is 0.365 e. The van der Waals surface area contributed by atoms with Gasteiger partial charge in [0.15, 0.2) is 0 Å². The van der Waals surface area contributed by atoms with Gasteiger partial charge >= 0.3 is 0 Å². The number of anilines is 1. The molecule has 1 aromatic rings. The Hall–Kier alpha value is -1.52. The minimum absolute atomic E-state index is 0.154. The third kappa shape index (κ3) is 3.99. The van der Waals surface area contributed by atoms with Crippen LogP contribution in [-0.2, 0) is 17.6 Å². The first-order valence-electron chi connectivity index (χ1n) is 6.82. The number of thioether (sulfide) groups is 1. The SMILES string of the molecule is N#CCCSCC(=O)Nc1sc2c(c1C(N)=O)CCCC2. The molecule has 5 nitrogen and oxygen atoms in total. The summed E-state index contributed by atoms with van der Waals surface area (Å²) >= 11 is 2.88. The first kappa shape index (κ1) is 15.9. The zero-order chi connectivity index (χ0) is 15.2. The molecular formula is C14H17N3O2S2. The number of carbonyl (C=O) groups excluding carboxylic acids is 2. The van der Waals surface area contributed by atoms with Crippen molar-refractivity contribution in [1.82, 2.24) is 0 Å². The molecule has 0 radical (unpaired) electrons. The molecule has 2 rings (SSSR count). The van der Waals surface area contributed by atoms with Crippen LogP contribution in [0.15, 0.2) is 0 Å². The fraction of sp³-hybridized carbons (Fsp3) is 0.500. The summed E-state index contributed by atoms with van der Waals surface area (Å²) in [4.78, 5) is 24.7. The zero-order valence-electron chi connectivity index (χ0n) is 11.6. The van der Waals surface area contributed by atoms with Gasteiger partial charge in [-0.3, -0.25) is 9.59 Å². The second-order valence-corrected chi connectivity index (χ2v) is 7.00. The van der Waals surface area contributed by atoms with Crippen molar-refractivity contribution in [3.05, 3.63) is 16.0 Å². The highest BCUT2D eigenvalue weighted by atomic mass is 32.2. The Balaban J connectivity index is 2.06. The first-order valence-corrected chi connectivity index (χ1v) is 8.79. The Morgan fingerprint density at radius 1 is 1.38 bits per heavy atom. The molecule has 7 heteroatoms. The van der Waals surface area contributed by atoms with Gasteiger partial charge in [-0.15, -0.1) is 11.3 Å². The van der Waals surface area contributed by atoms with Gasteiger partial charge in [-0.1, -0.05) is 0 Å². The van der Waals surface area contributed by atoms with Gasteiger partial charge in [-0.2, -0.15) is 17.0 Å². The minimum Gasteiger partial charge on any atom is -0.365 e. The van der Waals surface area contributed by atoms with Crippen molar-refractivity contribution in [3.8, 4) is 6.07 Å². The first-order chi connectivity index (χ1) is 10.1. The van der Waals surface area contributed by atoms with Crippen molar-refractivity contribution in [2.45, 2.75) is 32.1 Å². The van der Waals surface area contributed by atoms with Gasteiger partial charge in [0.05, 0.1) is 17.4 Å². The molecule has 1 aromatic heterocycles. The van der Waals surface area contributed by atoms with Crippen LogP contribution in [0.25, 0.3) is 0 Å². The van der Waals surface area contributed by atoms with Crippen LogP contribution >= 0.6 is 23.1 Å². The van der Waals surface area contributed by atoms with Crippen molar-refractivity contribution in [3.63, 3.8) is 0 Å². The minimum atomic E-state index is -0.471. The monoisotopic (exact) mass is 323 g/mol. The Morgan fingerprint density at radius 3 is 2.86 bits per heavy atom. The third-order valence-electron chi connectivity index (χ3n) is 3.26. The predicted octanol–water partition coefficient (Wildman–Crippen LogP) is 2.31. The number of nitrogens with two attached hydrogens (primary N) is 1. The molecule has 0 spiro atoms. The number of thiophene rings is 1. The highest BCUT2D eigenvalue weighted by molar-refractivity contribution is 7.99. The van der Waals surface area contributed by atoms with E-state index < -0.39 is 5.91 Å². The van der Waals surface area contributed by atoms with Crippen molar-refractivity contribution < 1.29 is 9.59 Å². The lowest BCUT2D eigenvalue weighted by Gasteiger charge is -2.11. The second-order valence-electron chi connectivity index (χ2n) is 4.79. The van der Waals surface area contributed by atoms with E-state index in [1.807, 2.05) is 6.07 Å². The Morgan fingerprint density at radius 2 is 2.14 bits per heavy atom. The van der Waals surface area contributed by atoms with Crippen molar-refractivity contribution >= 4 is 39.9 Å². The van der Waals surface area contributed by atoms with E-state index in [1.54, 1.807) is 0 Å². The van der Waals surface area contributed by atoms with Gasteiger partial charge in [-0.05, 0) is 31.2 Å². The summed E-state index contributed by atoms with van der Waals surface area (Å²) in [5, 5.41) is 11.8. The van der Waals surface area contributed by atoms with Crippen LogP contribution in [0.1, 0.15) is 40.1 Å². The lowest BCUT2D eigenvalue weighted by Crippen LogP contribution is -2.19. The van der Waals surface area contributed by atoms with Crippen LogP contribution in [0, 0.1) is 11.3 Å². The number of aryl methyl sites for hydroxylation is 1. The van der Waals surface area contributed by atoms with E-state index in [0.29, 0.717) is 22.7 Å². The number of fused-ring (bicyclic) bond motifs is 1. The molecule has 2 amide bonds. The molecule has 1 aliphatic carbocycles. The number of carbonyl (C=O) groups is 2. The summed E-state index contributed by atoms with van der Waals surface area (Å²) in [6, 6.07) is 2.04. The summed E-state index contributed by atoms with van der Waals surface area (Å²) in [6.07, 6.45) is 4.41. The topological polar surface area (TPSA) is 96.0 Å². The molecule has 0 saturated heterocycles. The van der Waals surface area contributed by atoms with E-state index in [0.717, 1.165) is 31.2 Å². The summed E-state index contributed by atoms with van der Waals surface area (Å²) in [7, 11) is 0. The van der Waals surface area contributed by atoms with Gasteiger partial charge in [-0.25, -0.2) is 0 Å². The number of amides is 2. The molecule has 0 aromatic carbocycles. The van der Waals surface area contributed by atoms with E-state index >= 15 is 0 Å². The summed E-state index contributed by atoms with van der Waals surface area (Å²) in [5.41, 5.74) is 6.98. The molecule has 0 atom stereocenters. The Labute approximate surface area is 131 Å². The maximum Gasteiger partial charge on any atom is 0.251 e. The number of nitrogens with zero attached hydrogens (tertiary/aromatic N) is 1. The average molecular weight is 323 g/mol. The van der Waals surface area contributed by atoms with Gasteiger partial charge in [0.2, 0.25) is 5.91 Å². The van der Waals surface area contributed by atoms with Gasteiger partial charge < -0.3 is 11.1 Å². The lowest BCUT2D eigenvalue weighted by atomic mass is 9.95. The quantitative estimate of drug-likeness (QED) is 0.785. The van der Waals surface area contributed by atoms with Crippen molar-refractivity contribution in [2.75, 3.05) is 16.8 Å². The number of primary amides is 1. The number of rotatable bonds is 6. The number of nitriles is 1. The van der Waals surface area contributed by atoms with E-state index in [4.69, 9.17) is 11.0 Å². The fourth-order valence-electron chi connectivity index (χ4n) is 2.36. The third-order valence-corrected chi connectivity index (χ3v) is 5.43. The lowest BCUT2D eigenvalue weighted by molar-refractivity contribution is -0.113. The second kappa shape index (κ2) is 7.48. The molecule has 21 heavy (non-hydrogen) atoms. The number of hydrogen-bond donors (Lipinski definition) is 2. The molecular weight excluding hydrogens is 306 g/mol. The standard InChI is InChI=1S/C14H17N3O2S2/c15-6-3-7-20-8-11(18)17-14-12(13(16)19)9-4-1-2-5-10(9)21-14/h1-5,7-8H2,(H2,16,19)(H,17,18). The van der Waals surface area contributed by atoms with E-state index in [-0.39, 0.29) is 11.7 Å².